The second-order valence-corrected chi connectivity index (χ2v) is 7.22. The summed E-state index contributed by atoms with van der Waals surface area (Å²) in [6, 6.07) is 0.275. The molecule has 23 heavy (non-hydrogen) atoms. The molecule has 2 saturated carbocycles. The van der Waals surface area contributed by atoms with E-state index in [4.69, 9.17) is 0 Å². The molecule has 2 aliphatic carbocycles. The summed E-state index contributed by atoms with van der Waals surface area (Å²) < 4.78 is 0. The lowest BCUT2D eigenvalue weighted by Gasteiger charge is -2.28. The molecule has 2 fully saturated rings. The molecule has 0 spiro atoms. The van der Waals surface area contributed by atoms with Gasteiger partial charge < -0.3 is 16.0 Å². The molecular formula is C18H33N3O2. The van der Waals surface area contributed by atoms with Crippen LogP contribution < -0.4 is 16.0 Å². The van der Waals surface area contributed by atoms with Gasteiger partial charge in [-0.05, 0) is 64.5 Å². The molecule has 0 radical (unpaired) electrons. The molecule has 2 amide bonds. The Labute approximate surface area is 140 Å². The first kappa shape index (κ1) is 18.2. The SMILES string of the molecule is CNCCCNC(=O)C1CCC(NC(=O)CC2CCCC2)CC1. The zero-order valence-corrected chi connectivity index (χ0v) is 14.5. The summed E-state index contributed by atoms with van der Waals surface area (Å²) in [6.45, 7) is 1.68. The van der Waals surface area contributed by atoms with E-state index in [2.05, 4.69) is 16.0 Å². The molecule has 132 valence electrons. The standard InChI is InChI=1S/C18H33N3O2/c1-19-11-4-12-20-18(23)15-7-9-16(10-8-15)21-17(22)13-14-5-2-3-6-14/h14-16,19H,2-13H2,1H3,(H,20,23)(H,21,22). The van der Waals surface area contributed by atoms with E-state index in [1.165, 1.54) is 25.7 Å². The van der Waals surface area contributed by atoms with E-state index in [-0.39, 0.29) is 23.8 Å². The van der Waals surface area contributed by atoms with Crippen LogP contribution in [0, 0.1) is 11.8 Å². The van der Waals surface area contributed by atoms with Crippen molar-refractivity contribution in [2.24, 2.45) is 11.8 Å². The Hall–Kier alpha value is -1.10. The minimum absolute atomic E-state index is 0.132. The Morgan fingerprint density at radius 2 is 1.65 bits per heavy atom. The molecule has 0 aromatic rings. The van der Waals surface area contributed by atoms with Crippen molar-refractivity contribution in [2.45, 2.75) is 70.3 Å². The molecular weight excluding hydrogens is 290 g/mol. The third kappa shape index (κ3) is 6.50. The molecule has 2 aliphatic rings. The van der Waals surface area contributed by atoms with Gasteiger partial charge in [-0.3, -0.25) is 9.59 Å². The Kier molecular flexibility index (Phi) is 7.86. The number of rotatable bonds is 8. The summed E-state index contributed by atoms with van der Waals surface area (Å²) in [6.07, 6.45) is 10.3. The number of carbonyl (C=O) groups is 2. The van der Waals surface area contributed by atoms with Gasteiger partial charge in [0.1, 0.15) is 0 Å². The molecule has 0 saturated heterocycles. The van der Waals surface area contributed by atoms with Crippen molar-refractivity contribution < 1.29 is 9.59 Å². The van der Waals surface area contributed by atoms with Crippen LogP contribution in [-0.2, 0) is 9.59 Å². The van der Waals surface area contributed by atoms with E-state index in [9.17, 15) is 9.59 Å². The minimum Gasteiger partial charge on any atom is -0.356 e. The van der Waals surface area contributed by atoms with Gasteiger partial charge in [0, 0.05) is 24.9 Å². The largest absolute Gasteiger partial charge is 0.356 e. The van der Waals surface area contributed by atoms with E-state index in [1.54, 1.807) is 0 Å². The molecule has 0 atom stereocenters. The average Bonchev–Trinajstić information content (AvgIpc) is 3.05. The molecule has 2 rings (SSSR count). The predicted molar refractivity (Wildman–Crippen MR) is 92.0 cm³/mol. The van der Waals surface area contributed by atoms with Gasteiger partial charge in [-0.2, -0.15) is 0 Å². The maximum atomic E-state index is 12.1. The Morgan fingerprint density at radius 1 is 0.957 bits per heavy atom. The molecule has 0 aromatic heterocycles. The van der Waals surface area contributed by atoms with Crippen molar-refractivity contribution in [3.05, 3.63) is 0 Å². The van der Waals surface area contributed by atoms with E-state index < -0.39 is 0 Å². The highest BCUT2D eigenvalue weighted by Crippen LogP contribution is 2.28. The number of hydrogen-bond donors (Lipinski definition) is 3. The van der Waals surface area contributed by atoms with Crippen LogP contribution in [0.15, 0.2) is 0 Å². The molecule has 5 heteroatoms. The van der Waals surface area contributed by atoms with Crippen molar-refractivity contribution in [1.82, 2.24) is 16.0 Å². The highest BCUT2D eigenvalue weighted by atomic mass is 16.2. The maximum Gasteiger partial charge on any atom is 0.223 e. The van der Waals surface area contributed by atoms with Crippen molar-refractivity contribution in [3.8, 4) is 0 Å². The van der Waals surface area contributed by atoms with E-state index in [0.717, 1.165) is 45.2 Å². The summed E-state index contributed by atoms with van der Waals surface area (Å²) in [4.78, 5) is 24.2. The van der Waals surface area contributed by atoms with Crippen molar-refractivity contribution in [2.75, 3.05) is 20.1 Å². The van der Waals surface area contributed by atoms with Crippen LogP contribution in [0.2, 0.25) is 0 Å². The van der Waals surface area contributed by atoms with Gasteiger partial charge in [0.25, 0.3) is 0 Å². The summed E-state index contributed by atoms with van der Waals surface area (Å²) in [5.74, 6) is 1.15. The van der Waals surface area contributed by atoms with Crippen molar-refractivity contribution >= 4 is 11.8 Å². The zero-order chi connectivity index (χ0) is 16.5. The fourth-order valence-electron chi connectivity index (χ4n) is 3.88. The summed E-state index contributed by atoms with van der Waals surface area (Å²) in [7, 11) is 1.92. The van der Waals surface area contributed by atoms with Crippen LogP contribution in [0.4, 0.5) is 0 Å². The van der Waals surface area contributed by atoms with Gasteiger partial charge in [0.2, 0.25) is 11.8 Å². The van der Waals surface area contributed by atoms with Crippen LogP contribution in [0.25, 0.3) is 0 Å². The highest BCUT2D eigenvalue weighted by molar-refractivity contribution is 5.79. The van der Waals surface area contributed by atoms with E-state index in [0.29, 0.717) is 12.3 Å². The van der Waals surface area contributed by atoms with Crippen molar-refractivity contribution in [1.29, 1.82) is 0 Å². The van der Waals surface area contributed by atoms with E-state index in [1.807, 2.05) is 7.05 Å². The Morgan fingerprint density at radius 3 is 2.30 bits per heavy atom. The molecule has 0 unspecified atom stereocenters. The lowest BCUT2D eigenvalue weighted by Crippen LogP contribution is -2.41. The molecule has 5 nitrogen and oxygen atoms in total. The second kappa shape index (κ2) is 9.91. The van der Waals surface area contributed by atoms with Gasteiger partial charge in [-0.15, -0.1) is 0 Å². The smallest absolute Gasteiger partial charge is 0.223 e. The number of nitrogens with one attached hydrogen (secondary N) is 3. The van der Waals surface area contributed by atoms with Crippen LogP contribution in [-0.4, -0.2) is 38.0 Å². The van der Waals surface area contributed by atoms with Gasteiger partial charge in [0.15, 0.2) is 0 Å². The number of carbonyl (C=O) groups excluding carboxylic acids is 2. The van der Waals surface area contributed by atoms with Gasteiger partial charge in [0.05, 0.1) is 0 Å². The minimum atomic E-state index is 0.132. The molecule has 0 aromatic carbocycles. The first-order chi connectivity index (χ1) is 11.2. The molecule has 0 heterocycles. The van der Waals surface area contributed by atoms with Crippen LogP contribution in [0.1, 0.15) is 64.2 Å². The fourth-order valence-corrected chi connectivity index (χ4v) is 3.88. The van der Waals surface area contributed by atoms with Gasteiger partial charge in [-0.25, -0.2) is 0 Å². The lowest BCUT2D eigenvalue weighted by atomic mass is 9.85. The molecule has 3 N–H and O–H groups in total. The maximum absolute atomic E-state index is 12.1. The van der Waals surface area contributed by atoms with Gasteiger partial charge in [-0.1, -0.05) is 12.8 Å². The second-order valence-electron chi connectivity index (χ2n) is 7.22. The monoisotopic (exact) mass is 323 g/mol. The van der Waals surface area contributed by atoms with Crippen LogP contribution in [0.5, 0.6) is 0 Å². The number of hydrogen-bond acceptors (Lipinski definition) is 3. The molecule has 0 bridgehead atoms. The lowest BCUT2D eigenvalue weighted by molar-refractivity contribution is -0.126. The quantitative estimate of drug-likeness (QED) is 0.598. The topological polar surface area (TPSA) is 70.2 Å². The third-order valence-corrected chi connectivity index (χ3v) is 5.31. The van der Waals surface area contributed by atoms with Crippen LogP contribution >= 0.6 is 0 Å². The average molecular weight is 323 g/mol. The summed E-state index contributed by atoms with van der Waals surface area (Å²) in [5, 5.41) is 9.29. The zero-order valence-electron chi connectivity index (χ0n) is 14.5. The summed E-state index contributed by atoms with van der Waals surface area (Å²) in [5.41, 5.74) is 0. The van der Waals surface area contributed by atoms with E-state index >= 15 is 0 Å². The number of amides is 2. The third-order valence-electron chi connectivity index (χ3n) is 5.31. The van der Waals surface area contributed by atoms with Crippen molar-refractivity contribution in [3.63, 3.8) is 0 Å². The highest BCUT2D eigenvalue weighted by Gasteiger charge is 2.27. The first-order valence-corrected chi connectivity index (χ1v) is 9.40. The fraction of sp³-hybridized carbons (Fsp3) is 0.889. The Balaban J connectivity index is 1.59. The predicted octanol–water partition coefficient (Wildman–Crippen LogP) is 1.97. The van der Waals surface area contributed by atoms with Crippen LogP contribution in [0.3, 0.4) is 0 Å². The van der Waals surface area contributed by atoms with Gasteiger partial charge >= 0.3 is 0 Å². The Bertz CT molecular complexity index is 372. The normalized spacial score (nSPS) is 25.3. The first-order valence-electron chi connectivity index (χ1n) is 9.40. The summed E-state index contributed by atoms with van der Waals surface area (Å²) >= 11 is 0. The molecule has 0 aliphatic heterocycles.